The summed E-state index contributed by atoms with van der Waals surface area (Å²) in [5.41, 5.74) is 0.943. The SMILES string of the molecule is CC(C)NCc1occc1COc1ccc(F)cc1Cl. The van der Waals surface area contributed by atoms with Gasteiger partial charge in [-0.2, -0.15) is 0 Å². The van der Waals surface area contributed by atoms with Crippen LogP contribution in [0.15, 0.2) is 34.9 Å². The highest BCUT2D eigenvalue weighted by molar-refractivity contribution is 6.32. The van der Waals surface area contributed by atoms with Gasteiger partial charge >= 0.3 is 0 Å². The van der Waals surface area contributed by atoms with Gasteiger partial charge in [-0.25, -0.2) is 4.39 Å². The minimum Gasteiger partial charge on any atom is -0.487 e. The summed E-state index contributed by atoms with van der Waals surface area (Å²) in [5, 5.41) is 3.54. The lowest BCUT2D eigenvalue weighted by Crippen LogP contribution is -2.22. The van der Waals surface area contributed by atoms with E-state index in [1.165, 1.54) is 18.2 Å². The first-order chi connectivity index (χ1) is 9.56. The van der Waals surface area contributed by atoms with Crippen molar-refractivity contribution in [2.45, 2.75) is 33.0 Å². The van der Waals surface area contributed by atoms with E-state index < -0.39 is 0 Å². The second-order valence-corrected chi connectivity index (χ2v) is 5.18. The molecule has 0 atom stereocenters. The molecule has 0 amide bonds. The summed E-state index contributed by atoms with van der Waals surface area (Å²) < 4.78 is 24.0. The second kappa shape index (κ2) is 6.77. The van der Waals surface area contributed by atoms with Crippen LogP contribution in [-0.4, -0.2) is 6.04 Å². The van der Waals surface area contributed by atoms with Crippen LogP contribution in [0.1, 0.15) is 25.2 Å². The van der Waals surface area contributed by atoms with Crippen molar-refractivity contribution in [3.8, 4) is 5.75 Å². The van der Waals surface area contributed by atoms with Crippen molar-refractivity contribution in [3.05, 3.63) is 52.7 Å². The summed E-state index contributed by atoms with van der Waals surface area (Å²) in [5.74, 6) is 0.904. The third kappa shape index (κ3) is 3.99. The van der Waals surface area contributed by atoms with Crippen molar-refractivity contribution >= 4 is 11.6 Å². The molecular formula is C15H17ClFNO2. The molecule has 0 aliphatic heterocycles. The molecule has 1 heterocycles. The van der Waals surface area contributed by atoms with E-state index in [-0.39, 0.29) is 10.8 Å². The fourth-order valence-electron chi connectivity index (χ4n) is 1.70. The van der Waals surface area contributed by atoms with E-state index in [2.05, 4.69) is 19.2 Å². The van der Waals surface area contributed by atoms with Crippen LogP contribution in [0.4, 0.5) is 4.39 Å². The first-order valence-corrected chi connectivity index (χ1v) is 6.80. The molecule has 5 heteroatoms. The summed E-state index contributed by atoms with van der Waals surface area (Å²) in [6.07, 6.45) is 1.63. The largest absolute Gasteiger partial charge is 0.487 e. The number of rotatable bonds is 6. The first-order valence-electron chi connectivity index (χ1n) is 6.42. The lowest BCUT2D eigenvalue weighted by molar-refractivity contribution is 0.300. The molecule has 0 aliphatic carbocycles. The van der Waals surface area contributed by atoms with Gasteiger partial charge in [0, 0.05) is 11.6 Å². The quantitative estimate of drug-likeness (QED) is 0.870. The standard InChI is InChI=1S/C15H17ClFNO2/c1-10(2)18-8-15-11(5-6-19-15)9-20-14-4-3-12(17)7-13(14)16/h3-7,10,18H,8-9H2,1-2H3. The molecule has 1 aromatic carbocycles. The Kier molecular flexibility index (Phi) is 5.04. The molecular weight excluding hydrogens is 281 g/mol. The average Bonchev–Trinajstić information content (AvgIpc) is 2.83. The number of furan rings is 1. The predicted molar refractivity (Wildman–Crippen MR) is 76.4 cm³/mol. The van der Waals surface area contributed by atoms with Crippen LogP contribution < -0.4 is 10.1 Å². The molecule has 2 rings (SSSR count). The monoisotopic (exact) mass is 297 g/mol. The highest BCUT2D eigenvalue weighted by Crippen LogP contribution is 2.26. The molecule has 0 bridgehead atoms. The van der Waals surface area contributed by atoms with E-state index in [0.29, 0.717) is 24.9 Å². The van der Waals surface area contributed by atoms with E-state index in [0.717, 1.165) is 11.3 Å². The second-order valence-electron chi connectivity index (χ2n) is 4.77. The van der Waals surface area contributed by atoms with Crippen LogP contribution in [0, 0.1) is 5.82 Å². The Labute approximate surface area is 122 Å². The van der Waals surface area contributed by atoms with Crippen molar-refractivity contribution < 1.29 is 13.5 Å². The van der Waals surface area contributed by atoms with Gasteiger partial charge in [-0.15, -0.1) is 0 Å². The Bertz CT molecular complexity index is 569. The lowest BCUT2D eigenvalue weighted by atomic mass is 10.2. The maximum absolute atomic E-state index is 12.9. The van der Waals surface area contributed by atoms with Crippen LogP contribution in [0.2, 0.25) is 5.02 Å². The molecule has 0 saturated carbocycles. The number of halogens is 2. The smallest absolute Gasteiger partial charge is 0.138 e. The summed E-state index contributed by atoms with van der Waals surface area (Å²) in [6.45, 7) is 5.10. The van der Waals surface area contributed by atoms with E-state index in [1.54, 1.807) is 6.26 Å². The fraction of sp³-hybridized carbons (Fsp3) is 0.333. The topological polar surface area (TPSA) is 34.4 Å². The Hall–Kier alpha value is -1.52. The minimum atomic E-state index is -0.382. The van der Waals surface area contributed by atoms with Gasteiger partial charge in [0.1, 0.15) is 23.9 Å². The van der Waals surface area contributed by atoms with Gasteiger partial charge in [0.2, 0.25) is 0 Å². The van der Waals surface area contributed by atoms with E-state index >= 15 is 0 Å². The van der Waals surface area contributed by atoms with Crippen molar-refractivity contribution in [2.75, 3.05) is 0 Å². The average molecular weight is 298 g/mol. The molecule has 2 aromatic rings. The number of hydrogen-bond donors (Lipinski definition) is 1. The first kappa shape index (κ1) is 14.9. The van der Waals surface area contributed by atoms with Crippen molar-refractivity contribution in [1.29, 1.82) is 0 Å². The Morgan fingerprint density at radius 3 is 2.85 bits per heavy atom. The molecule has 3 nitrogen and oxygen atoms in total. The number of benzene rings is 1. The zero-order valence-corrected chi connectivity index (χ0v) is 12.2. The van der Waals surface area contributed by atoms with E-state index in [4.69, 9.17) is 20.8 Å². The number of hydrogen-bond acceptors (Lipinski definition) is 3. The number of ether oxygens (including phenoxy) is 1. The van der Waals surface area contributed by atoms with E-state index in [1.807, 2.05) is 6.07 Å². The molecule has 0 saturated heterocycles. The van der Waals surface area contributed by atoms with Crippen LogP contribution in [0.5, 0.6) is 5.75 Å². The van der Waals surface area contributed by atoms with Crippen molar-refractivity contribution in [1.82, 2.24) is 5.32 Å². The van der Waals surface area contributed by atoms with Crippen molar-refractivity contribution in [2.24, 2.45) is 0 Å². The van der Waals surface area contributed by atoms with E-state index in [9.17, 15) is 4.39 Å². The molecule has 20 heavy (non-hydrogen) atoms. The predicted octanol–water partition coefficient (Wildman–Crippen LogP) is 4.15. The van der Waals surface area contributed by atoms with Gasteiger partial charge in [-0.1, -0.05) is 25.4 Å². The molecule has 1 N–H and O–H groups in total. The molecule has 0 spiro atoms. The molecule has 0 fully saturated rings. The fourth-order valence-corrected chi connectivity index (χ4v) is 1.92. The highest BCUT2D eigenvalue weighted by Gasteiger charge is 2.09. The van der Waals surface area contributed by atoms with Gasteiger partial charge < -0.3 is 14.5 Å². The third-order valence-corrected chi connectivity index (χ3v) is 3.08. The van der Waals surface area contributed by atoms with Crippen molar-refractivity contribution in [3.63, 3.8) is 0 Å². The van der Waals surface area contributed by atoms with Crippen LogP contribution in [0.25, 0.3) is 0 Å². The van der Waals surface area contributed by atoms with Gasteiger partial charge in [-0.3, -0.25) is 0 Å². The molecule has 0 unspecified atom stereocenters. The summed E-state index contributed by atoms with van der Waals surface area (Å²) in [4.78, 5) is 0. The molecule has 1 aromatic heterocycles. The van der Waals surface area contributed by atoms with Gasteiger partial charge in [0.05, 0.1) is 17.8 Å². The maximum Gasteiger partial charge on any atom is 0.138 e. The normalized spacial score (nSPS) is 11.1. The summed E-state index contributed by atoms with van der Waals surface area (Å²) in [7, 11) is 0. The zero-order valence-electron chi connectivity index (χ0n) is 11.5. The van der Waals surface area contributed by atoms with Crippen LogP contribution in [-0.2, 0) is 13.2 Å². The molecule has 0 radical (unpaired) electrons. The Morgan fingerprint density at radius 2 is 2.15 bits per heavy atom. The Balaban J connectivity index is 1.98. The Morgan fingerprint density at radius 1 is 1.35 bits per heavy atom. The molecule has 108 valence electrons. The maximum atomic E-state index is 12.9. The van der Waals surface area contributed by atoms with Gasteiger partial charge in [-0.05, 0) is 24.3 Å². The van der Waals surface area contributed by atoms with Crippen LogP contribution >= 0.6 is 11.6 Å². The summed E-state index contributed by atoms with van der Waals surface area (Å²) in [6, 6.07) is 6.30. The zero-order chi connectivity index (χ0) is 14.5. The van der Waals surface area contributed by atoms with Gasteiger partial charge in [0.15, 0.2) is 0 Å². The third-order valence-electron chi connectivity index (χ3n) is 2.79. The molecule has 0 aliphatic rings. The lowest BCUT2D eigenvalue weighted by Gasteiger charge is -2.10. The minimum absolute atomic E-state index is 0.260. The highest BCUT2D eigenvalue weighted by atomic mass is 35.5. The van der Waals surface area contributed by atoms with Crippen LogP contribution in [0.3, 0.4) is 0 Å². The number of nitrogens with one attached hydrogen (secondary N) is 1. The summed E-state index contributed by atoms with van der Waals surface area (Å²) >= 11 is 5.91. The van der Waals surface area contributed by atoms with Gasteiger partial charge in [0.25, 0.3) is 0 Å².